The van der Waals surface area contributed by atoms with Crippen molar-refractivity contribution in [3.63, 3.8) is 0 Å². The molecule has 0 fully saturated rings. The zero-order chi connectivity index (χ0) is 19.4. The van der Waals surface area contributed by atoms with E-state index in [1.165, 1.54) is 11.3 Å². The van der Waals surface area contributed by atoms with Crippen LogP contribution in [0.3, 0.4) is 0 Å². The number of thiazole rings is 1. The quantitative estimate of drug-likeness (QED) is 0.649. The van der Waals surface area contributed by atoms with Gasteiger partial charge in [-0.2, -0.15) is 0 Å². The average Bonchev–Trinajstić information content (AvgIpc) is 3.03. The molecular weight excluding hydrogens is 360 g/mol. The summed E-state index contributed by atoms with van der Waals surface area (Å²) in [6.07, 6.45) is 0. The first-order valence-electron chi connectivity index (χ1n) is 8.93. The molecule has 0 aliphatic rings. The third-order valence-corrected chi connectivity index (χ3v) is 4.92. The summed E-state index contributed by atoms with van der Waals surface area (Å²) in [4.78, 5) is 16.8. The molecule has 3 rings (SSSR count). The number of aromatic nitrogens is 1. The maximum Gasteiger partial charge on any atom is 0.264 e. The minimum Gasteiger partial charge on any atom is -0.492 e. The monoisotopic (exact) mass is 384 g/mol. The van der Waals surface area contributed by atoms with Crippen molar-refractivity contribution in [3.05, 3.63) is 48.0 Å². The molecule has 1 aromatic heterocycles. The van der Waals surface area contributed by atoms with Crippen LogP contribution in [0, 0.1) is 0 Å². The summed E-state index contributed by atoms with van der Waals surface area (Å²) in [5, 5.41) is 3.35. The number of rotatable bonds is 6. The molecule has 0 atom stereocenters. The van der Waals surface area contributed by atoms with Crippen molar-refractivity contribution in [2.24, 2.45) is 0 Å². The Morgan fingerprint density at radius 3 is 2.56 bits per heavy atom. The zero-order valence-electron chi connectivity index (χ0n) is 16.0. The fraction of sp³-hybridized carbons (Fsp3) is 0.333. The number of carbonyl (C=O) groups excluding carboxylic acids is 1. The second kappa shape index (κ2) is 7.96. The Morgan fingerprint density at radius 2 is 1.81 bits per heavy atom. The van der Waals surface area contributed by atoms with Gasteiger partial charge in [-0.1, -0.05) is 56.4 Å². The normalized spacial score (nSPS) is 11.4. The van der Waals surface area contributed by atoms with E-state index in [2.05, 4.69) is 31.1 Å². The first-order chi connectivity index (χ1) is 12.9. The van der Waals surface area contributed by atoms with E-state index in [-0.39, 0.29) is 17.9 Å². The van der Waals surface area contributed by atoms with Crippen LogP contribution < -0.4 is 14.8 Å². The molecule has 0 saturated heterocycles. The van der Waals surface area contributed by atoms with Crippen LogP contribution in [0.4, 0.5) is 5.13 Å². The summed E-state index contributed by atoms with van der Waals surface area (Å²) in [6.45, 7) is 8.78. The van der Waals surface area contributed by atoms with Crippen molar-refractivity contribution in [1.29, 1.82) is 0 Å². The number of hydrogen-bond donors (Lipinski definition) is 1. The maximum atomic E-state index is 12.3. The van der Waals surface area contributed by atoms with Gasteiger partial charge < -0.3 is 9.47 Å². The van der Waals surface area contributed by atoms with Gasteiger partial charge in [0.1, 0.15) is 17.0 Å². The fourth-order valence-electron chi connectivity index (χ4n) is 2.76. The summed E-state index contributed by atoms with van der Waals surface area (Å²) < 4.78 is 12.3. The molecule has 0 spiro atoms. The highest BCUT2D eigenvalue weighted by Gasteiger charge is 2.19. The van der Waals surface area contributed by atoms with E-state index in [1.54, 1.807) is 0 Å². The molecule has 0 aliphatic carbocycles. The Hall–Kier alpha value is -2.60. The summed E-state index contributed by atoms with van der Waals surface area (Å²) >= 11 is 1.42. The number of ether oxygens (including phenoxy) is 2. The Labute approximate surface area is 163 Å². The first kappa shape index (κ1) is 19.2. The number of carbonyl (C=O) groups is 1. The van der Waals surface area contributed by atoms with Gasteiger partial charge in [-0.3, -0.25) is 10.1 Å². The van der Waals surface area contributed by atoms with Gasteiger partial charge in [0, 0.05) is 0 Å². The van der Waals surface area contributed by atoms with Crippen molar-refractivity contribution in [2.45, 2.75) is 33.1 Å². The zero-order valence-corrected chi connectivity index (χ0v) is 16.9. The lowest BCUT2D eigenvalue weighted by atomic mass is 9.86. The molecule has 5 nitrogen and oxygen atoms in total. The van der Waals surface area contributed by atoms with Gasteiger partial charge in [0.25, 0.3) is 5.91 Å². The fourth-order valence-corrected chi connectivity index (χ4v) is 3.66. The lowest BCUT2D eigenvalue weighted by molar-refractivity contribution is -0.118. The van der Waals surface area contributed by atoms with E-state index in [4.69, 9.17) is 9.47 Å². The second-order valence-corrected chi connectivity index (χ2v) is 8.17. The van der Waals surface area contributed by atoms with Crippen LogP contribution in [0.25, 0.3) is 10.2 Å². The molecular formula is C21H24N2O3S. The van der Waals surface area contributed by atoms with Crippen LogP contribution in [0.15, 0.2) is 42.5 Å². The Kier molecular flexibility index (Phi) is 5.65. The van der Waals surface area contributed by atoms with Crippen LogP contribution in [0.5, 0.6) is 11.5 Å². The lowest BCUT2D eigenvalue weighted by Crippen LogP contribution is -2.21. The number of benzene rings is 2. The van der Waals surface area contributed by atoms with Gasteiger partial charge in [0.05, 0.1) is 11.3 Å². The van der Waals surface area contributed by atoms with Gasteiger partial charge in [0.15, 0.2) is 11.7 Å². The van der Waals surface area contributed by atoms with Crippen LogP contribution >= 0.6 is 11.3 Å². The van der Waals surface area contributed by atoms with Crippen LogP contribution in [0.1, 0.15) is 33.3 Å². The largest absolute Gasteiger partial charge is 0.492 e. The van der Waals surface area contributed by atoms with Gasteiger partial charge in [-0.25, -0.2) is 4.98 Å². The maximum absolute atomic E-state index is 12.3. The number of anilines is 1. The molecule has 1 amide bonds. The highest BCUT2D eigenvalue weighted by atomic mass is 32.1. The SMILES string of the molecule is CCOc1cccc2sc(NC(=O)COc3ccccc3C(C)(C)C)nc12. The molecule has 27 heavy (non-hydrogen) atoms. The highest BCUT2D eigenvalue weighted by molar-refractivity contribution is 7.22. The smallest absolute Gasteiger partial charge is 0.264 e. The number of nitrogens with zero attached hydrogens (tertiary/aromatic N) is 1. The van der Waals surface area contributed by atoms with Crippen molar-refractivity contribution >= 4 is 32.6 Å². The Balaban J connectivity index is 1.69. The summed E-state index contributed by atoms with van der Waals surface area (Å²) in [7, 11) is 0. The van der Waals surface area contributed by atoms with E-state index in [1.807, 2.05) is 49.4 Å². The lowest BCUT2D eigenvalue weighted by Gasteiger charge is -2.22. The summed E-state index contributed by atoms with van der Waals surface area (Å²) in [5.41, 5.74) is 1.77. The molecule has 2 aromatic carbocycles. The predicted molar refractivity (Wildman–Crippen MR) is 110 cm³/mol. The third kappa shape index (κ3) is 4.57. The molecule has 0 radical (unpaired) electrons. The Bertz CT molecular complexity index is 944. The number of nitrogens with one attached hydrogen (secondary N) is 1. The minimum absolute atomic E-state index is 0.0597. The van der Waals surface area contributed by atoms with Gasteiger partial charge >= 0.3 is 0 Å². The molecule has 1 heterocycles. The van der Waals surface area contributed by atoms with E-state index in [0.717, 1.165) is 27.3 Å². The van der Waals surface area contributed by atoms with Crippen molar-refractivity contribution in [1.82, 2.24) is 4.98 Å². The summed E-state index contributed by atoms with van der Waals surface area (Å²) in [5.74, 6) is 1.21. The van der Waals surface area contributed by atoms with Crippen LogP contribution in [0.2, 0.25) is 0 Å². The first-order valence-corrected chi connectivity index (χ1v) is 9.74. The standard InChI is InChI=1S/C21H24N2O3S/c1-5-25-16-11-8-12-17-19(16)23-20(27-17)22-18(24)13-26-15-10-7-6-9-14(15)21(2,3)4/h6-12H,5,13H2,1-4H3,(H,22,23,24). The van der Waals surface area contributed by atoms with Gasteiger partial charge in [0.2, 0.25) is 0 Å². The topological polar surface area (TPSA) is 60.5 Å². The van der Waals surface area contributed by atoms with E-state index in [0.29, 0.717) is 11.7 Å². The minimum atomic E-state index is -0.240. The van der Waals surface area contributed by atoms with E-state index in [9.17, 15) is 4.79 Å². The Morgan fingerprint density at radius 1 is 1.07 bits per heavy atom. The van der Waals surface area contributed by atoms with Gasteiger partial charge in [-0.15, -0.1) is 0 Å². The summed E-state index contributed by atoms with van der Waals surface area (Å²) in [6, 6.07) is 13.6. The van der Waals surface area contributed by atoms with Crippen LogP contribution in [-0.2, 0) is 10.2 Å². The molecule has 0 unspecified atom stereocenters. The van der Waals surface area contributed by atoms with Crippen molar-refractivity contribution < 1.29 is 14.3 Å². The molecule has 0 bridgehead atoms. The number of para-hydroxylation sites is 2. The molecule has 142 valence electrons. The molecule has 0 saturated carbocycles. The third-order valence-electron chi connectivity index (χ3n) is 3.98. The number of fused-ring (bicyclic) bond motifs is 1. The molecule has 6 heteroatoms. The molecule has 1 N–H and O–H groups in total. The van der Waals surface area contributed by atoms with Gasteiger partial charge in [-0.05, 0) is 36.1 Å². The second-order valence-electron chi connectivity index (χ2n) is 7.14. The number of hydrogen-bond acceptors (Lipinski definition) is 5. The van der Waals surface area contributed by atoms with Crippen molar-refractivity contribution in [2.75, 3.05) is 18.5 Å². The van der Waals surface area contributed by atoms with E-state index < -0.39 is 0 Å². The van der Waals surface area contributed by atoms with Crippen LogP contribution in [-0.4, -0.2) is 24.1 Å². The predicted octanol–water partition coefficient (Wildman–Crippen LogP) is 5.01. The number of amides is 1. The molecule has 0 aliphatic heterocycles. The average molecular weight is 385 g/mol. The highest BCUT2D eigenvalue weighted by Crippen LogP contribution is 2.33. The molecule has 3 aromatic rings. The van der Waals surface area contributed by atoms with Crippen molar-refractivity contribution in [3.8, 4) is 11.5 Å². The van der Waals surface area contributed by atoms with E-state index >= 15 is 0 Å².